The second kappa shape index (κ2) is 11.4. The van der Waals surface area contributed by atoms with E-state index in [1.165, 1.54) is 22.4 Å². The number of carboxylic acids is 1. The van der Waals surface area contributed by atoms with E-state index in [9.17, 15) is 4.79 Å². The fraction of sp³-hybridized carbons (Fsp3) is 0.441. The summed E-state index contributed by atoms with van der Waals surface area (Å²) in [5.74, 6) is 2.83. The number of aliphatic carboxylic acids is 1. The zero-order valence-corrected chi connectivity index (χ0v) is 24.5. The van der Waals surface area contributed by atoms with Crippen molar-refractivity contribution in [3.05, 3.63) is 76.3 Å². The number of carbonyl (C=O) groups is 1. The molecule has 212 valence electrons. The largest absolute Gasteiger partial charge is 0.481 e. The Morgan fingerprint density at radius 3 is 2.30 bits per heavy atom. The van der Waals surface area contributed by atoms with Crippen molar-refractivity contribution in [2.45, 2.75) is 66.7 Å². The Morgan fingerprint density at radius 2 is 1.57 bits per heavy atom. The minimum atomic E-state index is -0.720. The van der Waals surface area contributed by atoms with E-state index in [-0.39, 0.29) is 11.8 Å². The minimum absolute atomic E-state index is 0.226. The number of ether oxygens (including phenoxy) is 2. The van der Waals surface area contributed by atoms with Crippen molar-refractivity contribution in [1.82, 2.24) is 0 Å². The second-order valence-electron chi connectivity index (χ2n) is 11.4. The number of hydrogen-bond donors (Lipinski definition) is 1. The molecule has 0 saturated carbocycles. The summed E-state index contributed by atoms with van der Waals surface area (Å²) < 4.78 is 13.2. The van der Waals surface area contributed by atoms with Crippen LogP contribution in [0, 0.1) is 5.41 Å². The van der Waals surface area contributed by atoms with E-state index < -0.39 is 5.97 Å². The average molecular weight is 543 g/mol. The smallest absolute Gasteiger partial charge is 0.303 e. The number of unbranched alkanes of at least 4 members (excludes halogenated alkanes) is 2. The van der Waals surface area contributed by atoms with Crippen molar-refractivity contribution in [3.63, 3.8) is 0 Å². The van der Waals surface area contributed by atoms with Gasteiger partial charge >= 0.3 is 5.97 Å². The summed E-state index contributed by atoms with van der Waals surface area (Å²) in [6, 6.07) is 13.1. The lowest BCUT2D eigenvalue weighted by Gasteiger charge is -2.41. The molecule has 0 amide bonds. The minimum Gasteiger partial charge on any atom is -0.481 e. The molecule has 40 heavy (non-hydrogen) atoms. The molecule has 0 atom stereocenters. The van der Waals surface area contributed by atoms with E-state index in [1.807, 2.05) is 0 Å². The summed E-state index contributed by atoms with van der Waals surface area (Å²) in [4.78, 5) is 15.5. The predicted molar refractivity (Wildman–Crippen MR) is 162 cm³/mol. The van der Waals surface area contributed by atoms with Crippen LogP contribution in [0.25, 0.3) is 6.08 Å². The van der Waals surface area contributed by atoms with Gasteiger partial charge in [-0.05, 0) is 69.0 Å². The van der Waals surface area contributed by atoms with Crippen LogP contribution in [0.3, 0.4) is 0 Å². The Labute approximate surface area is 238 Å². The average Bonchev–Trinajstić information content (AvgIpc) is 2.94. The van der Waals surface area contributed by atoms with Crippen LogP contribution < -0.4 is 19.3 Å². The third-order valence-corrected chi connectivity index (χ3v) is 8.60. The highest BCUT2D eigenvalue weighted by Gasteiger charge is 2.41. The lowest BCUT2D eigenvalue weighted by Crippen LogP contribution is -2.31. The van der Waals surface area contributed by atoms with Crippen molar-refractivity contribution >= 4 is 23.4 Å². The molecule has 0 radical (unpaired) electrons. The van der Waals surface area contributed by atoms with Gasteiger partial charge in [0.25, 0.3) is 0 Å². The Bertz CT molecular complexity index is 1380. The molecule has 0 fully saturated rings. The summed E-state index contributed by atoms with van der Waals surface area (Å²) in [5.41, 5.74) is 6.87. The van der Waals surface area contributed by atoms with Gasteiger partial charge in [-0.1, -0.05) is 26.3 Å². The lowest BCUT2D eigenvalue weighted by molar-refractivity contribution is -0.137. The molecule has 2 aromatic carbocycles. The maximum Gasteiger partial charge on any atom is 0.303 e. The number of nitrogens with zero attached hydrogens (tertiary/aromatic N) is 2. The molecule has 0 saturated heterocycles. The first-order valence-electron chi connectivity index (χ1n) is 14.8. The van der Waals surface area contributed by atoms with Crippen LogP contribution in [0.4, 0.5) is 11.4 Å². The Morgan fingerprint density at radius 1 is 0.875 bits per heavy atom. The molecule has 1 aliphatic carbocycles. The van der Waals surface area contributed by atoms with Crippen LogP contribution >= 0.6 is 0 Å². The summed E-state index contributed by atoms with van der Waals surface area (Å²) >= 11 is 0. The molecule has 0 aromatic heterocycles. The third-order valence-electron chi connectivity index (χ3n) is 8.60. The van der Waals surface area contributed by atoms with Crippen molar-refractivity contribution in [2.75, 3.05) is 36.0 Å². The Balaban J connectivity index is 1.38. The normalized spacial score (nSPS) is 16.3. The first-order chi connectivity index (χ1) is 19.2. The highest BCUT2D eigenvalue weighted by Crippen LogP contribution is 2.52. The quantitative estimate of drug-likeness (QED) is 0.295. The van der Waals surface area contributed by atoms with E-state index in [1.54, 1.807) is 0 Å². The van der Waals surface area contributed by atoms with Crippen LogP contribution in [0.15, 0.2) is 65.1 Å². The van der Waals surface area contributed by atoms with Crippen molar-refractivity contribution in [3.8, 4) is 11.5 Å². The third kappa shape index (κ3) is 5.36. The molecular formula is C34H42N2O4. The van der Waals surface area contributed by atoms with Crippen LogP contribution in [-0.4, -0.2) is 37.3 Å². The van der Waals surface area contributed by atoms with Gasteiger partial charge < -0.3 is 24.4 Å². The SMILES string of the molecule is CCN(CC)c1ccc2c(c1)OC1=C(C2)C(C)(C)C2=Cc3ccc(N(CC)CCCCCC(=O)O)cc3OC2=C1. The molecule has 3 aliphatic rings. The van der Waals surface area contributed by atoms with E-state index >= 15 is 0 Å². The maximum absolute atomic E-state index is 10.8. The van der Waals surface area contributed by atoms with E-state index in [4.69, 9.17) is 14.6 Å². The van der Waals surface area contributed by atoms with Gasteiger partial charge in [-0.2, -0.15) is 0 Å². The summed E-state index contributed by atoms with van der Waals surface area (Å²) in [7, 11) is 0. The molecule has 2 aromatic rings. The highest BCUT2D eigenvalue weighted by molar-refractivity contribution is 5.74. The fourth-order valence-electron chi connectivity index (χ4n) is 6.10. The number of allylic oxidation sites excluding steroid dienone is 3. The Kier molecular flexibility index (Phi) is 7.97. The fourth-order valence-corrected chi connectivity index (χ4v) is 6.10. The van der Waals surface area contributed by atoms with Crippen LogP contribution in [0.2, 0.25) is 0 Å². The topological polar surface area (TPSA) is 62.2 Å². The second-order valence-corrected chi connectivity index (χ2v) is 11.4. The molecule has 6 nitrogen and oxygen atoms in total. The van der Waals surface area contributed by atoms with Gasteiger partial charge in [-0.25, -0.2) is 0 Å². The first kappa shape index (κ1) is 27.9. The number of hydrogen-bond acceptors (Lipinski definition) is 5. The van der Waals surface area contributed by atoms with Gasteiger partial charge in [0.05, 0.1) is 0 Å². The van der Waals surface area contributed by atoms with Gasteiger partial charge in [0.2, 0.25) is 0 Å². The number of fused-ring (bicyclic) bond motifs is 3. The van der Waals surface area contributed by atoms with Gasteiger partial charge in [-0.15, -0.1) is 0 Å². The zero-order valence-electron chi connectivity index (χ0n) is 24.5. The molecule has 1 N–H and O–H groups in total. The van der Waals surface area contributed by atoms with Crippen LogP contribution in [0.1, 0.15) is 71.4 Å². The molecule has 0 bridgehead atoms. The van der Waals surface area contributed by atoms with E-state index in [0.717, 1.165) is 86.1 Å². The van der Waals surface area contributed by atoms with Gasteiger partial charge in [0, 0.05) is 85.2 Å². The number of anilines is 2. The monoisotopic (exact) mass is 542 g/mol. The molecule has 6 heteroatoms. The molecule has 2 heterocycles. The lowest BCUT2D eigenvalue weighted by atomic mass is 9.69. The summed E-state index contributed by atoms with van der Waals surface area (Å²) in [6.07, 6.45) is 8.06. The highest BCUT2D eigenvalue weighted by atomic mass is 16.5. The molecule has 0 spiro atoms. The van der Waals surface area contributed by atoms with Crippen LogP contribution in [-0.2, 0) is 11.2 Å². The van der Waals surface area contributed by atoms with Crippen LogP contribution in [0.5, 0.6) is 11.5 Å². The molecule has 0 unspecified atom stereocenters. The van der Waals surface area contributed by atoms with E-state index in [2.05, 4.69) is 93.0 Å². The summed E-state index contributed by atoms with van der Waals surface area (Å²) in [6.45, 7) is 14.7. The van der Waals surface area contributed by atoms with Crippen molar-refractivity contribution in [1.29, 1.82) is 0 Å². The zero-order chi connectivity index (χ0) is 28.4. The molecular weight excluding hydrogens is 500 g/mol. The van der Waals surface area contributed by atoms with Gasteiger partial charge in [0.1, 0.15) is 23.0 Å². The maximum atomic E-state index is 10.8. The Hall–Kier alpha value is -3.67. The van der Waals surface area contributed by atoms with Gasteiger partial charge in [0.15, 0.2) is 0 Å². The first-order valence-corrected chi connectivity index (χ1v) is 14.8. The summed E-state index contributed by atoms with van der Waals surface area (Å²) in [5, 5.41) is 8.88. The number of benzene rings is 2. The number of rotatable bonds is 11. The van der Waals surface area contributed by atoms with Crippen molar-refractivity contribution < 1.29 is 19.4 Å². The predicted octanol–water partition coefficient (Wildman–Crippen LogP) is 7.59. The van der Waals surface area contributed by atoms with Gasteiger partial charge in [-0.3, -0.25) is 4.79 Å². The van der Waals surface area contributed by atoms with E-state index in [0.29, 0.717) is 0 Å². The molecule has 5 rings (SSSR count). The molecule has 2 aliphatic heterocycles. The standard InChI is InChI=1S/C34H42N2O4/c1-6-35(7-2)25-15-13-23-18-27-31(39-29(23)20-25)22-32-28(34(27,4)5)19-24-14-16-26(21-30(24)40-32)36(8-3)17-11-9-10-12-33(37)38/h13-16,19-22H,6-12,17-18H2,1-5H3,(H,37,38). The number of carboxylic acid groups (broad SMARTS) is 1. The van der Waals surface area contributed by atoms with Crippen molar-refractivity contribution in [2.24, 2.45) is 5.41 Å².